The molecule has 0 aromatic heterocycles. The van der Waals surface area contributed by atoms with Crippen molar-refractivity contribution in [3.05, 3.63) is 23.8 Å². The van der Waals surface area contributed by atoms with Crippen molar-refractivity contribution < 1.29 is 32.2 Å². The van der Waals surface area contributed by atoms with Gasteiger partial charge in [-0.25, -0.2) is 8.42 Å². The molecule has 10 nitrogen and oxygen atoms in total. The Hall–Kier alpha value is -2.37. The van der Waals surface area contributed by atoms with E-state index in [-0.39, 0.29) is 36.4 Å². The summed E-state index contributed by atoms with van der Waals surface area (Å²) in [5.74, 6) is -0.282. The van der Waals surface area contributed by atoms with E-state index in [0.29, 0.717) is 37.8 Å². The fraction of sp³-hybridized carbons (Fsp3) is 0.579. The molecule has 1 heterocycles. The van der Waals surface area contributed by atoms with Gasteiger partial charge < -0.3 is 24.8 Å². The maximum atomic E-state index is 12.4. The van der Waals surface area contributed by atoms with Crippen molar-refractivity contribution in [2.45, 2.75) is 19.9 Å². The standard InChI is InChI=1S/C19H29N3O7S/c1-14(2)21-18(23)13-29-16-5-4-15(12-17(16)27-3)19(24)20-6-11-30(25,26)22-7-9-28-10-8-22/h4-5,12,14H,6-11,13H2,1-3H3,(H,20,24)(H,21,23). The maximum Gasteiger partial charge on any atom is 0.258 e. The van der Waals surface area contributed by atoms with Crippen LogP contribution in [0.3, 0.4) is 0 Å². The second-order valence-electron chi connectivity index (χ2n) is 6.96. The molecule has 1 aromatic rings. The van der Waals surface area contributed by atoms with Gasteiger partial charge in [0.05, 0.1) is 26.1 Å². The number of hydrogen-bond donors (Lipinski definition) is 2. The number of methoxy groups -OCH3 is 1. The molecule has 0 saturated carbocycles. The van der Waals surface area contributed by atoms with E-state index < -0.39 is 15.9 Å². The molecular formula is C19H29N3O7S. The van der Waals surface area contributed by atoms with Crippen LogP contribution in [0.4, 0.5) is 0 Å². The van der Waals surface area contributed by atoms with E-state index in [1.54, 1.807) is 0 Å². The summed E-state index contributed by atoms with van der Waals surface area (Å²) < 4.78 is 41.8. The second kappa shape index (κ2) is 11.1. The molecule has 0 bridgehead atoms. The molecule has 2 N–H and O–H groups in total. The van der Waals surface area contributed by atoms with Crippen molar-refractivity contribution in [3.63, 3.8) is 0 Å². The quantitative estimate of drug-likeness (QED) is 0.521. The Labute approximate surface area is 176 Å². The number of nitrogens with one attached hydrogen (secondary N) is 2. The summed E-state index contributed by atoms with van der Waals surface area (Å²) in [6, 6.07) is 4.52. The molecule has 0 unspecified atom stereocenters. The van der Waals surface area contributed by atoms with Crippen LogP contribution in [0.2, 0.25) is 0 Å². The summed E-state index contributed by atoms with van der Waals surface area (Å²) in [6.45, 7) is 4.89. The van der Waals surface area contributed by atoms with E-state index in [4.69, 9.17) is 14.2 Å². The predicted octanol–water partition coefficient (Wildman–Crippen LogP) is -0.00960. The van der Waals surface area contributed by atoms with Crippen LogP contribution in [0.25, 0.3) is 0 Å². The number of carbonyl (C=O) groups is 2. The second-order valence-corrected chi connectivity index (χ2v) is 9.05. The third-order valence-corrected chi connectivity index (χ3v) is 6.12. The highest BCUT2D eigenvalue weighted by Gasteiger charge is 2.24. The summed E-state index contributed by atoms with van der Waals surface area (Å²) >= 11 is 0. The van der Waals surface area contributed by atoms with Crippen molar-refractivity contribution >= 4 is 21.8 Å². The molecule has 1 aliphatic heterocycles. The fourth-order valence-electron chi connectivity index (χ4n) is 2.78. The van der Waals surface area contributed by atoms with Crippen LogP contribution in [0, 0.1) is 0 Å². The van der Waals surface area contributed by atoms with Crippen LogP contribution in [0.1, 0.15) is 24.2 Å². The lowest BCUT2D eigenvalue weighted by atomic mass is 10.2. The minimum atomic E-state index is -3.45. The number of nitrogens with zero attached hydrogens (tertiary/aromatic N) is 1. The molecule has 30 heavy (non-hydrogen) atoms. The van der Waals surface area contributed by atoms with Gasteiger partial charge >= 0.3 is 0 Å². The number of carbonyl (C=O) groups excluding carboxylic acids is 2. The zero-order chi connectivity index (χ0) is 22.1. The Morgan fingerprint density at radius 2 is 1.90 bits per heavy atom. The zero-order valence-corrected chi connectivity index (χ0v) is 18.3. The lowest BCUT2D eigenvalue weighted by molar-refractivity contribution is -0.123. The van der Waals surface area contributed by atoms with Gasteiger partial charge in [0.25, 0.3) is 11.8 Å². The van der Waals surface area contributed by atoms with E-state index in [0.717, 1.165) is 0 Å². The number of benzene rings is 1. The molecular weight excluding hydrogens is 414 g/mol. The molecule has 0 aliphatic carbocycles. The molecule has 11 heteroatoms. The molecule has 1 fully saturated rings. The van der Waals surface area contributed by atoms with E-state index in [1.165, 1.54) is 29.6 Å². The SMILES string of the molecule is COc1cc(C(=O)NCCS(=O)(=O)N2CCOCC2)ccc1OCC(=O)NC(C)C. The van der Waals surface area contributed by atoms with Gasteiger partial charge in [0.1, 0.15) is 0 Å². The zero-order valence-electron chi connectivity index (χ0n) is 17.5. The highest BCUT2D eigenvalue weighted by Crippen LogP contribution is 2.28. The molecule has 0 radical (unpaired) electrons. The lowest BCUT2D eigenvalue weighted by Crippen LogP contribution is -2.43. The minimum absolute atomic E-state index is 0.00104. The van der Waals surface area contributed by atoms with Crippen molar-refractivity contribution in [3.8, 4) is 11.5 Å². The fourth-order valence-corrected chi connectivity index (χ4v) is 4.11. The maximum absolute atomic E-state index is 12.4. The Kier molecular flexibility index (Phi) is 8.88. The summed E-state index contributed by atoms with van der Waals surface area (Å²) in [5, 5.41) is 5.31. The molecule has 168 valence electrons. The number of rotatable bonds is 10. The molecule has 2 amide bonds. The molecule has 0 spiro atoms. The van der Waals surface area contributed by atoms with Gasteiger partial charge in [-0.05, 0) is 32.0 Å². The first kappa shape index (κ1) is 23.9. The number of hydrogen-bond acceptors (Lipinski definition) is 7. The van der Waals surface area contributed by atoms with Crippen LogP contribution >= 0.6 is 0 Å². The van der Waals surface area contributed by atoms with Gasteiger partial charge in [0.15, 0.2) is 18.1 Å². The van der Waals surface area contributed by atoms with E-state index in [9.17, 15) is 18.0 Å². The number of morpholine rings is 1. The predicted molar refractivity (Wildman–Crippen MR) is 110 cm³/mol. The van der Waals surface area contributed by atoms with Crippen molar-refractivity contribution in [1.29, 1.82) is 0 Å². The third kappa shape index (κ3) is 7.15. The van der Waals surface area contributed by atoms with E-state index >= 15 is 0 Å². The van der Waals surface area contributed by atoms with Crippen LogP contribution < -0.4 is 20.1 Å². The first-order valence-electron chi connectivity index (χ1n) is 9.67. The first-order valence-corrected chi connectivity index (χ1v) is 11.3. The molecule has 1 aromatic carbocycles. The Morgan fingerprint density at radius 3 is 2.53 bits per heavy atom. The summed E-state index contributed by atoms with van der Waals surface area (Å²) in [7, 11) is -2.03. The van der Waals surface area contributed by atoms with E-state index in [1.807, 2.05) is 13.8 Å². The van der Waals surface area contributed by atoms with E-state index in [2.05, 4.69) is 10.6 Å². The van der Waals surface area contributed by atoms with Gasteiger partial charge in [0, 0.05) is 31.2 Å². The highest BCUT2D eigenvalue weighted by atomic mass is 32.2. The number of ether oxygens (including phenoxy) is 3. The van der Waals surface area contributed by atoms with Gasteiger partial charge in [-0.3, -0.25) is 9.59 Å². The Morgan fingerprint density at radius 1 is 1.20 bits per heavy atom. The first-order chi connectivity index (χ1) is 14.2. The van der Waals surface area contributed by atoms with Crippen LogP contribution in [-0.2, 0) is 19.6 Å². The van der Waals surface area contributed by atoms with Gasteiger partial charge in [0.2, 0.25) is 10.0 Å². The highest BCUT2D eigenvalue weighted by molar-refractivity contribution is 7.89. The number of sulfonamides is 1. The molecule has 2 rings (SSSR count). The summed E-state index contributed by atoms with van der Waals surface area (Å²) in [6.07, 6.45) is 0. The minimum Gasteiger partial charge on any atom is -0.493 e. The monoisotopic (exact) mass is 443 g/mol. The van der Waals surface area contributed by atoms with Crippen LogP contribution in [0.5, 0.6) is 11.5 Å². The van der Waals surface area contributed by atoms with Gasteiger partial charge in [-0.15, -0.1) is 0 Å². The largest absolute Gasteiger partial charge is 0.493 e. The van der Waals surface area contributed by atoms with Gasteiger partial charge in [-0.2, -0.15) is 4.31 Å². The third-order valence-electron chi connectivity index (χ3n) is 4.24. The smallest absolute Gasteiger partial charge is 0.258 e. The molecule has 1 aliphatic rings. The lowest BCUT2D eigenvalue weighted by Gasteiger charge is -2.26. The molecule has 0 atom stereocenters. The summed E-state index contributed by atoms with van der Waals surface area (Å²) in [4.78, 5) is 24.1. The van der Waals surface area contributed by atoms with Crippen LogP contribution in [0.15, 0.2) is 18.2 Å². The van der Waals surface area contributed by atoms with Crippen molar-refractivity contribution in [1.82, 2.24) is 14.9 Å². The number of amides is 2. The topological polar surface area (TPSA) is 123 Å². The molecule has 1 saturated heterocycles. The normalized spacial score (nSPS) is 14.9. The average Bonchev–Trinajstić information content (AvgIpc) is 2.72. The van der Waals surface area contributed by atoms with Crippen LogP contribution in [-0.4, -0.2) is 82.9 Å². The Bertz CT molecular complexity index is 837. The van der Waals surface area contributed by atoms with Crippen molar-refractivity contribution in [2.24, 2.45) is 0 Å². The summed E-state index contributed by atoms with van der Waals surface area (Å²) in [5.41, 5.74) is 0.287. The Balaban J connectivity index is 1.90. The average molecular weight is 444 g/mol. The van der Waals surface area contributed by atoms with Gasteiger partial charge in [-0.1, -0.05) is 0 Å². The van der Waals surface area contributed by atoms with Crippen molar-refractivity contribution in [2.75, 3.05) is 52.3 Å².